The number of aromatic nitrogens is 1. The third-order valence-corrected chi connectivity index (χ3v) is 0.874. The molecular weight excluding hydrogens is 421 g/mol. The Morgan fingerprint density at radius 3 is 2.00 bits per heavy atom. The summed E-state index contributed by atoms with van der Waals surface area (Å²) in [5.74, 6) is -1.24. The Labute approximate surface area is 110 Å². The molecule has 0 saturated carbocycles. The Kier molecular flexibility index (Phi) is 21.9. The van der Waals surface area contributed by atoms with Crippen LogP contribution in [0.2, 0.25) is 0 Å². The van der Waals surface area contributed by atoms with Gasteiger partial charge in [0.15, 0.2) is 0 Å². The molecule has 0 unspecified atom stereocenters. The van der Waals surface area contributed by atoms with E-state index in [0.717, 1.165) is 0 Å². The molecule has 0 bridgehead atoms. The van der Waals surface area contributed by atoms with Gasteiger partial charge in [-0.1, -0.05) is 6.07 Å². The quantitative estimate of drug-likeness (QED) is 0.420. The van der Waals surface area contributed by atoms with Gasteiger partial charge in [0, 0.05) is 6.20 Å². The summed E-state index contributed by atoms with van der Waals surface area (Å²) in [4.78, 5) is 13.5. The van der Waals surface area contributed by atoms with Crippen LogP contribution < -0.4 is 42.3 Å². The van der Waals surface area contributed by atoms with E-state index in [9.17, 15) is 9.90 Å². The van der Waals surface area contributed by atoms with Crippen molar-refractivity contribution >= 4 is 5.97 Å². The van der Waals surface area contributed by atoms with Crippen molar-refractivity contribution in [2.75, 3.05) is 0 Å². The first-order valence-corrected chi connectivity index (χ1v) is 2.43. The Morgan fingerprint density at radius 1 is 1.23 bits per heavy atom. The maximum Gasteiger partial charge on any atom is 4.00 e. The van der Waals surface area contributed by atoms with Crippen LogP contribution in [0.15, 0.2) is 24.4 Å². The van der Waals surface area contributed by atoms with Crippen LogP contribution in [0.5, 0.6) is 0 Å². The zero-order valence-electron chi connectivity index (χ0n) is 6.01. The summed E-state index contributed by atoms with van der Waals surface area (Å²) < 4.78 is 0. The summed E-state index contributed by atoms with van der Waals surface area (Å²) in [6.45, 7) is 0. The molecule has 1 rings (SSSR count). The van der Waals surface area contributed by atoms with Crippen LogP contribution in [0.1, 0.15) is 10.5 Å². The monoisotopic (exact) mass is 424 g/mol. The summed E-state index contributed by atoms with van der Waals surface area (Å²) >= 11 is 0. The van der Waals surface area contributed by atoms with Crippen molar-refractivity contribution in [3.05, 3.63) is 30.1 Å². The molecule has 77 valence electrons. The Bertz CT molecular complexity index is 222. The standard InChI is InChI=1S/C6H5NO2.Au.3ClH/c8-6(9)5-3-1-2-4-7-5;;;;/h1-4H,(H,8,9);;3*1H/q;+4;;;/p-4. The van der Waals surface area contributed by atoms with Gasteiger partial charge in [-0.25, -0.2) is 0 Å². The molecule has 1 aromatic heterocycles. The van der Waals surface area contributed by atoms with E-state index >= 15 is 0 Å². The van der Waals surface area contributed by atoms with Gasteiger partial charge in [0.1, 0.15) is 0 Å². The van der Waals surface area contributed by atoms with Crippen molar-refractivity contribution in [1.29, 1.82) is 0 Å². The number of carbonyl (C=O) groups is 1. The molecule has 0 aliphatic heterocycles. The number of hydrogen-bond donors (Lipinski definition) is 0. The molecule has 0 amide bonds. The molecule has 0 aromatic carbocycles. The van der Waals surface area contributed by atoms with Crippen LogP contribution in [0, 0.1) is 0 Å². The Morgan fingerprint density at radius 2 is 1.77 bits per heavy atom. The van der Waals surface area contributed by atoms with Crippen molar-refractivity contribution in [1.82, 2.24) is 4.98 Å². The van der Waals surface area contributed by atoms with Crippen molar-refractivity contribution in [2.45, 2.75) is 0 Å². The first-order chi connectivity index (χ1) is 4.30. The van der Waals surface area contributed by atoms with E-state index in [1.54, 1.807) is 12.1 Å². The van der Waals surface area contributed by atoms with Crippen molar-refractivity contribution in [3.63, 3.8) is 0 Å². The fraction of sp³-hybridized carbons (Fsp3) is 0. The van der Waals surface area contributed by atoms with E-state index in [1.807, 2.05) is 0 Å². The molecule has 7 heteroatoms. The molecule has 1 aromatic rings. The van der Waals surface area contributed by atoms with Crippen molar-refractivity contribution in [3.8, 4) is 0 Å². The molecule has 0 saturated heterocycles. The SMILES string of the molecule is O=C([O-])c1ccccn1.[Au+4].[Cl-].[Cl-].[Cl-]. The molecule has 0 fully saturated rings. The summed E-state index contributed by atoms with van der Waals surface area (Å²) in [5.41, 5.74) is -0.0301. The van der Waals surface area contributed by atoms with Crippen LogP contribution in [-0.4, -0.2) is 11.0 Å². The zero-order valence-corrected chi connectivity index (χ0v) is 10.4. The molecule has 1 radical (unpaired) electrons. The third kappa shape index (κ3) is 8.56. The van der Waals surface area contributed by atoms with Crippen LogP contribution in [0.25, 0.3) is 0 Å². The van der Waals surface area contributed by atoms with E-state index in [1.165, 1.54) is 12.3 Å². The minimum Gasteiger partial charge on any atom is -1.00 e. The molecule has 0 atom stereocenters. The summed E-state index contributed by atoms with van der Waals surface area (Å²) in [5, 5.41) is 10.0. The summed E-state index contributed by atoms with van der Waals surface area (Å²) in [6, 6.07) is 4.62. The third-order valence-electron chi connectivity index (χ3n) is 0.874. The van der Waals surface area contributed by atoms with E-state index in [2.05, 4.69) is 4.98 Å². The number of aromatic carboxylic acids is 1. The first-order valence-electron chi connectivity index (χ1n) is 2.43. The molecule has 13 heavy (non-hydrogen) atoms. The number of carbonyl (C=O) groups excluding carboxylic acids is 1. The molecular formula is C6H4AuCl3NO2. The zero-order chi connectivity index (χ0) is 6.69. The minimum atomic E-state index is -1.24. The molecule has 0 aliphatic rings. The first kappa shape index (κ1) is 23.2. The van der Waals surface area contributed by atoms with Crippen LogP contribution in [0.3, 0.4) is 0 Å². The maximum atomic E-state index is 10.0. The maximum absolute atomic E-state index is 10.0. The predicted molar refractivity (Wildman–Crippen MR) is 28.6 cm³/mol. The van der Waals surface area contributed by atoms with E-state index in [-0.39, 0.29) is 65.3 Å². The van der Waals surface area contributed by atoms with Crippen LogP contribution in [-0.2, 0) is 22.4 Å². The van der Waals surface area contributed by atoms with Gasteiger partial charge in [0.25, 0.3) is 0 Å². The largest absolute Gasteiger partial charge is 4.00 e. The van der Waals surface area contributed by atoms with Gasteiger partial charge in [0.2, 0.25) is 0 Å². The number of halogens is 3. The molecule has 3 nitrogen and oxygen atoms in total. The van der Waals surface area contributed by atoms with Gasteiger partial charge in [-0.15, -0.1) is 0 Å². The number of carboxylic acids is 1. The topological polar surface area (TPSA) is 53.0 Å². The minimum absolute atomic E-state index is 0. The molecule has 1 heterocycles. The summed E-state index contributed by atoms with van der Waals surface area (Å²) in [7, 11) is 0. The number of hydrogen-bond acceptors (Lipinski definition) is 3. The number of carboxylic acid groups (broad SMARTS) is 1. The Balaban J connectivity index is -0.000000101. The molecule has 0 spiro atoms. The normalized spacial score (nSPS) is 6.15. The van der Waals surface area contributed by atoms with E-state index in [0.29, 0.717) is 0 Å². The van der Waals surface area contributed by atoms with Gasteiger partial charge in [-0.05, 0) is 12.1 Å². The number of nitrogens with zero attached hydrogens (tertiary/aromatic N) is 1. The van der Waals surface area contributed by atoms with E-state index in [4.69, 9.17) is 0 Å². The van der Waals surface area contributed by atoms with Crippen molar-refractivity contribution < 1.29 is 69.5 Å². The van der Waals surface area contributed by atoms with Gasteiger partial charge in [-0.2, -0.15) is 0 Å². The van der Waals surface area contributed by atoms with Gasteiger partial charge >= 0.3 is 22.4 Å². The van der Waals surface area contributed by atoms with E-state index < -0.39 is 5.97 Å². The summed E-state index contributed by atoms with van der Waals surface area (Å²) in [6.07, 6.45) is 1.41. The van der Waals surface area contributed by atoms with Crippen LogP contribution in [0.4, 0.5) is 0 Å². The average molecular weight is 425 g/mol. The second-order valence-electron chi connectivity index (χ2n) is 1.50. The Hall–Kier alpha value is 0.230. The van der Waals surface area contributed by atoms with Crippen LogP contribution >= 0.6 is 0 Å². The van der Waals surface area contributed by atoms with Gasteiger partial charge < -0.3 is 47.1 Å². The predicted octanol–water partition coefficient (Wildman–Crippen LogP) is -9.55. The fourth-order valence-electron chi connectivity index (χ4n) is 0.484. The molecule has 0 N–H and O–H groups in total. The van der Waals surface area contributed by atoms with Crippen molar-refractivity contribution in [2.24, 2.45) is 0 Å². The number of rotatable bonds is 1. The molecule has 0 aliphatic carbocycles. The second-order valence-corrected chi connectivity index (χ2v) is 1.50. The van der Waals surface area contributed by atoms with Gasteiger partial charge in [-0.3, -0.25) is 4.98 Å². The second kappa shape index (κ2) is 12.2. The number of pyridine rings is 1. The smallest absolute Gasteiger partial charge is 1.00 e. The average Bonchev–Trinajstić information content (AvgIpc) is 1.90. The van der Waals surface area contributed by atoms with Gasteiger partial charge in [0.05, 0.1) is 11.7 Å². The fourth-order valence-corrected chi connectivity index (χ4v) is 0.484.